The van der Waals surface area contributed by atoms with Crippen LogP contribution in [-0.2, 0) is 9.59 Å². The van der Waals surface area contributed by atoms with Crippen LogP contribution in [0.15, 0.2) is 28.7 Å². The Bertz CT molecular complexity index is 837. The smallest absolute Gasteiger partial charge is 0.225 e. The maximum atomic E-state index is 12.8. The molecular formula is C21H26N2O3. The van der Waals surface area contributed by atoms with Crippen LogP contribution in [0.3, 0.4) is 0 Å². The van der Waals surface area contributed by atoms with Crippen molar-refractivity contribution in [2.45, 2.75) is 45.6 Å². The van der Waals surface area contributed by atoms with Crippen LogP contribution in [0.4, 0.5) is 0 Å². The SMILES string of the molecule is Cc1c([C@H](C)NC(=O)[C@@H]2CCCN(C(=O)C3CC3)C2)oc2ccccc12. The molecular weight excluding hydrogens is 328 g/mol. The molecule has 2 amide bonds. The molecule has 2 fully saturated rings. The number of rotatable bonds is 4. The van der Waals surface area contributed by atoms with Gasteiger partial charge in [-0.3, -0.25) is 9.59 Å². The summed E-state index contributed by atoms with van der Waals surface area (Å²) in [5.41, 5.74) is 1.92. The number of fused-ring (bicyclic) bond motifs is 1. The van der Waals surface area contributed by atoms with Crippen LogP contribution in [0.25, 0.3) is 11.0 Å². The first-order valence-corrected chi connectivity index (χ1v) is 9.61. The number of nitrogens with one attached hydrogen (secondary N) is 1. The first kappa shape index (κ1) is 17.1. The molecule has 0 radical (unpaired) electrons. The molecule has 5 nitrogen and oxygen atoms in total. The number of furan rings is 1. The molecule has 26 heavy (non-hydrogen) atoms. The zero-order valence-electron chi connectivity index (χ0n) is 15.5. The Hall–Kier alpha value is -2.30. The monoisotopic (exact) mass is 354 g/mol. The average Bonchev–Trinajstić information content (AvgIpc) is 3.45. The third-order valence-electron chi connectivity index (χ3n) is 5.66. The molecule has 1 aromatic heterocycles. The Kier molecular flexibility index (Phi) is 4.47. The molecule has 0 bridgehead atoms. The first-order valence-electron chi connectivity index (χ1n) is 9.61. The van der Waals surface area contributed by atoms with Crippen LogP contribution in [0.2, 0.25) is 0 Å². The van der Waals surface area contributed by atoms with Crippen LogP contribution in [0.5, 0.6) is 0 Å². The van der Waals surface area contributed by atoms with Gasteiger partial charge in [0.2, 0.25) is 11.8 Å². The number of carbonyl (C=O) groups is 2. The molecule has 1 saturated carbocycles. The van der Waals surface area contributed by atoms with Gasteiger partial charge in [-0.05, 0) is 45.6 Å². The topological polar surface area (TPSA) is 62.6 Å². The molecule has 2 aromatic rings. The highest BCUT2D eigenvalue weighted by atomic mass is 16.3. The fraction of sp³-hybridized carbons (Fsp3) is 0.524. The summed E-state index contributed by atoms with van der Waals surface area (Å²) >= 11 is 0. The molecule has 1 aliphatic heterocycles. The van der Waals surface area contributed by atoms with Gasteiger partial charge in [-0.1, -0.05) is 18.2 Å². The largest absolute Gasteiger partial charge is 0.459 e. The van der Waals surface area contributed by atoms with Gasteiger partial charge in [-0.25, -0.2) is 0 Å². The van der Waals surface area contributed by atoms with E-state index < -0.39 is 0 Å². The summed E-state index contributed by atoms with van der Waals surface area (Å²) < 4.78 is 5.97. The third kappa shape index (κ3) is 3.22. The normalized spacial score (nSPS) is 21.6. The lowest BCUT2D eigenvalue weighted by atomic mass is 9.96. The molecule has 5 heteroatoms. The second-order valence-electron chi connectivity index (χ2n) is 7.72. The highest BCUT2D eigenvalue weighted by Crippen LogP contribution is 2.33. The fourth-order valence-corrected chi connectivity index (χ4v) is 3.98. The number of likely N-dealkylation sites (tertiary alicyclic amines) is 1. The number of piperidine rings is 1. The lowest BCUT2D eigenvalue weighted by Crippen LogP contribution is -2.46. The molecule has 1 aliphatic carbocycles. The van der Waals surface area contributed by atoms with Crippen molar-refractivity contribution >= 4 is 22.8 Å². The molecule has 0 unspecified atom stereocenters. The predicted octanol–water partition coefficient (Wildman–Crippen LogP) is 3.57. The van der Waals surface area contributed by atoms with Crippen molar-refractivity contribution in [3.05, 3.63) is 35.6 Å². The molecule has 138 valence electrons. The summed E-state index contributed by atoms with van der Waals surface area (Å²) in [7, 11) is 0. The minimum Gasteiger partial charge on any atom is -0.459 e. The van der Waals surface area contributed by atoms with Crippen molar-refractivity contribution in [1.29, 1.82) is 0 Å². The van der Waals surface area contributed by atoms with Crippen molar-refractivity contribution in [1.82, 2.24) is 10.2 Å². The first-order chi connectivity index (χ1) is 12.5. The maximum Gasteiger partial charge on any atom is 0.225 e. The summed E-state index contributed by atoms with van der Waals surface area (Å²) in [6.45, 7) is 5.32. The number of hydrogen-bond acceptors (Lipinski definition) is 3. The number of amides is 2. The second-order valence-corrected chi connectivity index (χ2v) is 7.72. The van der Waals surface area contributed by atoms with Crippen molar-refractivity contribution in [3.63, 3.8) is 0 Å². The van der Waals surface area contributed by atoms with E-state index in [0.717, 1.165) is 54.5 Å². The van der Waals surface area contributed by atoms with Crippen molar-refractivity contribution < 1.29 is 14.0 Å². The zero-order chi connectivity index (χ0) is 18.3. The number of benzene rings is 1. The third-order valence-corrected chi connectivity index (χ3v) is 5.66. The van der Waals surface area contributed by atoms with Crippen molar-refractivity contribution in [2.24, 2.45) is 11.8 Å². The van der Waals surface area contributed by atoms with Crippen LogP contribution >= 0.6 is 0 Å². The lowest BCUT2D eigenvalue weighted by molar-refractivity contribution is -0.137. The van der Waals surface area contributed by atoms with Gasteiger partial charge in [0.15, 0.2) is 0 Å². The molecule has 2 heterocycles. The summed E-state index contributed by atoms with van der Waals surface area (Å²) in [4.78, 5) is 27.0. The quantitative estimate of drug-likeness (QED) is 0.913. The highest BCUT2D eigenvalue weighted by molar-refractivity contribution is 5.84. The molecule has 2 aliphatic rings. The second kappa shape index (κ2) is 6.78. The summed E-state index contributed by atoms with van der Waals surface area (Å²) in [6.07, 6.45) is 3.75. The Balaban J connectivity index is 1.43. The summed E-state index contributed by atoms with van der Waals surface area (Å²) in [5, 5.41) is 4.19. The van der Waals surface area contributed by atoms with Gasteiger partial charge in [0.25, 0.3) is 0 Å². The Morgan fingerprint density at radius 3 is 2.69 bits per heavy atom. The predicted molar refractivity (Wildman–Crippen MR) is 99.5 cm³/mol. The van der Waals surface area contributed by atoms with E-state index in [0.29, 0.717) is 6.54 Å². The van der Waals surface area contributed by atoms with Crippen LogP contribution in [0.1, 0.15) is 50.0 Å². The fourth-order valence-electron chi connectivity index (χ4n) is 3.98. The van der Waals surface area contributed by atoms with Crippen LogP contribution < -0.4 is 5.32 Å². The van der Waals surface area contributed by atoms with Gasteiger partial charge < -0.3 is 14.6 Å². The van der Waals surface area contributed by atoms with Gasteiger partial charge in [0, 0.05) is 30.0 Å². The van der Waals surface area contributed by atoms with E-state index in [9.17, 15) is 9.59 Å². The minimum atomic E-state index is -0.190. The van der Waals surface area contributed by atoms with Gasteiger partial charge >= 0.3 is 0 Å². The van der Waals surface area contributed by atoms with E-state index in [1.165, 1.54) is 0 Å². The van der Waals surface area contributed by atoms with E-state index >= 15 is 0 Å². The molecule has 1 saturated heterocycles. The molecule has 1 N–H and O–H groups in total. The van der Waals surface area contributed by atoms with E-state index in [1.807, 2.05) is 43.0 Å². The van der Waals surface area contributed by atoms with Gasteiger partial charge in [-0.2, -0.15) is 0 Å². The number of aryl methyl sites for hydroxylation is 1. The highest BCUT2D eigenvalue weighted by Gasteiger charge is 2.37. The number of nitrogens with zero attached hydrogens (tertiary/aromatic N) is 1. The standard InChI is InChI=1S/C21H26N2O3/c1-13-17-7-3-4-8-18(17)26-19(13)14(2)22-20(24)16-6-5-11-23(12-16)21(25)15-9-10-15/h3-4,7-8,14-16H,5-6,9-12H2,1-2H3,(H,22,24)/t14-,16+/m0/s1. The average molecular weight is 354 g/mol. The van der Waals surface area contributed by atoms with Crippen molar-refractivity contribution in [2.75, 3.05) is 13.1 Å². The number of hydrogen-bond donors (Lipinski definition) is 1. The van der Waals surface area contributed by atoms with Crippen LogP contribution in [0, 0.1) is 18.8 Å². The van der Waals surface area contributed by atoms with Crippen molar-refractivity contribution in [3.8, 4) is 0 Å². The lowest BCUT2D eigenvalue weighted by Gasteiger charge is -2.32. The summed E-state index contributed by atoms with van der Waals surface area (Å²) in [5.74, 6) is 1.16. The zero-order valence-corrected chi connectivity index (χ0v) is 15.5. The van der Waals surface area contributed by atoms with E-state index in [1.54, 1.807) is 0 Å². The Labute approximate surface area is 153 Å². The van der Waals surface area contributed by atoms with Gasteiger partial charge in [-0.15, -0.1) is 0 Å². The van der Waals surface area contributed by atoms with E-state index in [4.69, 9.17) is 4.42 Å². The summed E-state index contributed by atoms with van der Waals surface area (Å²) in [6, 6.07) is 7.73. The molecule has 0 spiro atoms. The Morgan fingerprint density at radius 1 is 1.19 bits per heavy atom. The number of carbonyl (C=O) groups excluding carboxylic acids is 2. The molecule has 1 aromatic carbocycles. The minimum absolute atomic E-state index is 0.0191. The van der Waals surface area contributed by atoms with Gasteiger partial charge in [0.1, 0.15) is 11.3 Å². The van der Waals surface area contributed by atoms with Crippen LogP contribution in [-0.4, -0.2) is 29.8 Å². The number of para-hydroxylation sites is 1. The van der Waals surface area contributed by atoms with E-state index in [2.05, 4.69) is 5.32 Å². The van der Waals surface area contributed by atoms with Gasteiger partial charge in [0.05, 0.1) is 12.0 Å². The molecule has 2 atom stereocenters. The van der Waals surface area contributed by atoms with E-state index in [-0.39, 0.29) is 29.7 Å². The molecule has 4 rings (SSSR count). The maximum absolute atomic E-state index is 12.8. The Morgan fingerprint density at radius 2 is 1.96 bits per heavy atom.